The number of ether oxygens (including phenoxy) is 1. The van der Waals surface area contributed by atoms with Crippen molar-refractivity contribution in [3.8, 4) is 5.75 Å². The van der Waals surface area contributed by atoms with Crippen molar-refractivity contribution >= 4 is 18.4 Å². The number of H-pyrrole nitrogens is 1. The lowest BCUT2D eigenvalue weighted by Crippen LogP contribution is -2.25. The topological polar surface area (TPSA) is 55.0 Å². The number of carbonyl (C=O) groups is 1. The molecule has 1 heterocycles. The number of aromatic nitrogens is 2. The fourth-order valence-corrected chi connectivity index (χ4v) is 2.86. The van der Waals surface area contributed by atoms with Crippen LogP contribution in [0.2, 0.25) is 0 Å². The number of fused-ring (bicyclic) bond motifs is 1. The van der Waals surface area contributed by atoms with Gasteiger partial charge in [-0.15, -0.1) is 12.4 Å². The highest BCUT2D eigenvalue weighted by Crippen LogP contribution is 2.37. The van der Waals surface area contributed by atoms with Crippen molar-refractivity contribution in [1.29, 1.82) is 0 Å². The number of hydrogen-bond donors (Lipinski definition) is 1. The van der Waals surface area contributed by atoms with E-state index < -0.39 is 5.41 Å². The second-order valence-electron chi connectivity index (χ2n) is 7.00. The van der Waals surface area contributed by atoms with E-state index in [9.17, 15) is 4.79 Å². The van der Waals surface area contributed by atoms with Crippen LogP contribution < -0.4 is 4.74 Å². The van der Waals surface area contributed by atoms with E-state index in [1.807, 2.05) is 39.1 Å². The fraction of sp³-hybridized carbons (Fsp3) is 0.444. The van der Waals surface area contributed by atoms with Crippen molar-refractivity contribution in [2.45, 2.75) is 46.0 Å². The van der Waals surface area contributed by atoms with Gasteiger partial charge in [0.1, 0.15) is 5.75 Å². The van der Waals surface area contributed by atoms with Crippen LogP contribution in [0.5, 0.6) is 5.75 Å². The quantitative estimate of drug-likeness (QED) is 0.680. The summed E-state index contributed by atoms with van der Waals surface area (Å²) in [6, 6.07) is 6.02. The van der Waals surface area contributed by atoms with Crippen molar-refractivity contribution in [2.24, 2.45) is 5.41 Å². The van der Waals surface area contributed by atoms with Crippen molar-refractivity contribution in [1.82, 2.24) is 9.97 Å². The number of nitrogens with one attached hydrogen (secondary N) is 1. The van der Waals surface area contributed by atoms with Gasteiger partial charge in [0.05, 0.1) is 17.4 Å². The van der Waals surface area contributed by atoms with E-state index in [4.69, 9.17) is 4.74 Å². The molecule has 0 saturated carbocycles. The van der Waals surface area contributed by atoms with Crippen LogP contribution in [0.15, 0.2) is 30.7 Å². The van der Waals surface area contributed by atoms with Crippen LogP contribution in [-0.2, 0) is 17.6 Å². The van der Waals surface area contributed by atoms with Gasteiger partial charge in [0.25, 0.3) is 0 Å². The summed E-state index contributed by atoms with van der Waals surface area (Å²) in [6.45, 7) is 5.59. The van der Waals surface area contributed by atoms with Crippen molar-refractivity contribution in [3.63, 3.8) is 0 Å². The van der Waals surface area contributed by atoms with E-state index in [0.29, 0.717) is 11.7 Å². The zero-order valence-corrected chi connectivity index (χ0v) is 14.6. The van der Waals surface area contributed by atoms with Gasteiger partial charge in [-0.25, -0.2) is 4.98 Å². The van der Waals surface area contributed by atoms with Gasteiger partial charge in [-0.2, -0.15) is 0 Å². The number of hydrogen-bond acceptors (Lipinski definition) is 3. The molecule has 0 fully saturated rings. The average molecular weight is 335 g/mol. The van der Waals surface area contributed by atoms with Gasteiger partial charge in [0.2, 0.25) is 0 Å². The molecule has 5 heteroatoms. The van der Waals surface area contributed by atoms with Gasteiger partial charge >= 0.3 is 5.97 Å². The van der Waals surface area contributed by atoms with Gasteiger partial charge in [-0.05, 0) is 69.2 Å². The van der Waals surface area contributed by atoms with E-state index in [0.717, 1.165) is 25.0 Å². The predicted octanol–water partition coefficient (Wildman–Crippen LogP) is 4.06. The second kappa shape index (κ2) is 6.75. The number of benzene rings is 1. The number of esters is 1. The molecule has 1 aliphatic rings. The molecule has 0 spiro atoms. The highest BCUT2D eigenvalue weighted by atomic mass is 35.5. The molecule has 1 atom stereocenters. The Kier molecular flexibility index (Phi) is 5.15. The zero-order chi connectivity index (χ0) is 15.7. The van der Waals surface area contributed by atoms with Gasteiger partial charge in [0, 0.05) is 6.20 Å². The molecule has 2 aromatic rings. The summed E-state index contributed by atoms with van der Waals surface area (Å²) >= 11 is 0. The van der Waals surface area contributed by atoms with Crippen LogP contribution in [-0.4, -0.2) is 15.9 Å². The largest absolute Gasteiger partial charge is 0.426 e. The maximum atomic E-state index is 12.0. The third kappa shape index (κ3) is 3.94. The Morgan fingerprint density at radius 2 is 2.17 bits per heavy atom. The van der Waals surface area contributed by atoms with Crippen molar-refractivity contribution in [2.75, 3.05) is 0 Å². The van der Waals surface area contributed by atoms with E-state index in [2.05, 4.69) is 16.0 Å². The molecule has 0 amide bonds. The number of aryl methyl sites for hydroxylation is 1. The number of imidazole rings is 1. The van der Waals surface area contributed by atoms with Crippen LogP contribution in [0, 0.1) is 5.41 Å². The van der Waals surface area contributed by atoms with Crippen LogP contribution in [0.4, 0.5) is 0 Å². The third-order valence-electron chi connectivity index (χ3n) is 4.15. The Morgan fingerprint density at radius 3 is 2.83 bits per heavy atom. The van der Waals surface area contributed by atoms with Gasteiger partial charge in [-0.3, -0.25) is 4.79 Å². The molecule has 1 aliphatic carbocycles. The first-order chi connectivity index (χ1) is 10.4. The van der Waals surface area contributed by atoms with E-state index in [1.165, 1.54) is 11.1 Å². The number of carbonyl (C=O) groups excluding carboxylic acids is 1. The van der Waals surface area contributed by atoms with Gasteiger partial charge < -0.3 is 9.72 Å². The molecule has 0 saturated heterocycles. The Hall–Kier alpha value is -1.81. The second-order valence-corrected chi connectivity index (χ2v) is 7.00. The summed E-state index contributed by atoms with van der Waals surface area (Å²) in [7, 11) is 0. The highest BCUT2D eigenvalue weighted by Gasteiger charge is 2.26. The lowest BCUT2D eigenvalue weighted by atomic mass is 9.96. The monoisotopic (exact) mass is 334 g/mol. The summed E-state index contributed by atoms with van der Waals surface area (Å²) in [5.74, 6) is 0.897. The Bertz CT molecular complexity index is 675. The maximum absolute atomic E-state index is 12.0. The lowest BCUT2D eigenvalue weighted by molar-refractivity contribution is -0.143. The zero-order valence-electron chi connectivity index (χ0n) is 13.8. The molecule has 0 bridgehead atoms. The molecule has 0 aliphatic heterocycles. The van der Waals surface area contributed by atoms with Crippen LogP contribution in [0.1, 0.15) is 49.9 Å². The van der Waals surface area contributed by atoms with Gasteiger partial charge in [-0.1, -0.05) is 6.07 Å². The van der Waals surface area contributed by atoms with Crippen LogP contribution in [0.3, 0.4) is 0 Å². The summed E-state index contributed by atoms with van der Waals surface area (Å²) < 4.78 is 5.53. The van der Waals surface area contributed by atoms with Crippen molar-refractivity contribution < 1.29 is 9.53 Å². The summed E-state index contributed by atoms with van der Waals surface area (Å²) in [5.41, 5.74) is 3.24. The van der Waals surface area contributed by atoms with E-state index >= 15 is 0 Å². The minimum Gasteiger partial charge on any atom is -0.426 e. The Labute approximate surface area is 143 Å². The highest BCUT2D eigenvalue weighted by molar-refractivity contribution is 5.85. The molecule has 1 N–H and O–H groups in total. The normalized spacial score (nSPS) is 16.6. The van der Waals surface area contributed by atoms with Crippen LogP contribution >= 0.6 is 12.4 Å². The maximum Gasteiger partial charge on any atom is 0.316 e. The number of halogens is 1. The van der Waals surface area contributed by atoms with Gasteiger partial charge in [0.15, 0.2) is 0 Å². The van der Waals surface area contributed by atoms with Crippen LogP contribution in [0.25, 0.3) is 0 Å². The Balaban J connectivity index is 0.00000192. The van der Waals surface area contributed by atoms with E-state index in [1.54, 1.807) is 6.33 Å². The predicted molar refractivity (Wildman–Crippen MR) is 92.1 cm³/mol. The molecule has 1 unspecified atom stereocenters. The minimum atomic E-state index is -0.493. The van der Waals surface area contributed by atoms with E-state index in [-0.39, 0.29) is 18.4 Å². The number of nitrogens with zero attached hydrogens (tertiary/aromatic N) is 1. The molecular formula is C18H23ClN2O2. The molecule has 124 valence electrons. The Morgan fingerprint density at radius 1 is 1.39 bits per heavy atom. The molecule has 1 aromatic carbocycles. The summed E-state index contributed by atoms with van der Waals surface area (Å²) in [4.78, 5) is 19.4. The molecule has 1 aromatic heterocycles. The molecular weight excluding hydrogens is 312 g/mol. The SMILES string of the molecule is CC(C)(C)C(=O)Oc1ccc2c(c1)C(Cc1c[nH]cn1)CC2.Cl. The molecule has 4 nitrogen and oxygen atoms in total. The first-order valence-corrected chi connectivity index (χ1v) is 7.76. The standard InChI is InChI=1S/C18H22N2O2.ClH/c1-18(2,3)17(21)22-15-7-6-12-4-5-13(16(12)9-15)8-14-10-19-11-20-14;/h6-7,9-11,13H,4-5,8H2,1-3H3,(H,19,20);1H. The van der Waals surface area contributed by atoms with Crippen molar-refractivity contribution in [3.05, 3.63) is 47.5 Å². The lowest BCUT2D eigenvalue weighted by Gasteiger charge is -2.17. The number of aromatic amines is 1. The first kappa shape index (κ1) is 17.5. The minimum absolute atomic E-state index is 0. The first-order valence-electron chi connectivity index (χ1n) is 7.76. The number of rotatable bonds is 3. The average Bonchev–Trinajstić information content (AvgIpc) is 3.09. The fourth-order valence-electron chi connectivity index (χ4n) is 2.86. The molecule has 23 heavy (non-hydrogen) atoms. The molecule has 3 rings (SSSR count). The summed E-state index contributed by atoms with van der Waals surface area (Å²) in [6.07, 6.45) is 6.79. The summed E-state index contributed by atoms with van der Waals surface area (Å²) in [5, 5.41) is 0. The third-order valence-corrected chi connectivity index (χ3v) is 4.15. The smallest absolute Gasteiger partial charge is 0.316 e. The molecule has 0 radical (unpaired) electrons.